The van der Waals surface area contributed by atoms with Crippen LogP contribution in [0.5, 0.6) is 0 Å². The Hall–Kier alpha value is -0.160. The Labute approximate surface area is 116 Å². The molecule has 0 bridgehead atoms. The lowest BCUT2D eigenvalue weighted by Crippen LogP contribution is -2.27. The Morgan fingerprint density at radius 3 is 2.71 bits per heavy atom. The fourth-order valence-electron chi connectivity index (χ4n) is 1.58. The van der Waals surface area contributed by atoms with Crippen molar-refractivity contribution in [3.05, 3.63) is 34.1 Å². The number of halogens is 3. The zero-order chi connectivity index (χ0) is 12.1. The lowest BCUT2D eigenvalue weighted by atomic mass is 9.98. The number of benzene rings is 1. The highest BCUT2D eigenvalue weighted by Crippen LogP contribution is 2.25. The summed E-state index contributed by atoms with van der Waals surface area (Å²) in [5, 5.41) is 9.81. The average molecular weight is 327 g/mol. The summed E-state index contributed by atoms with van der Waals surface area (Å²) in [5.41, 5.74) is 6.20. The summed E-state index contributed by atoms with van der Waals surface area (Å²) < 4.78 is 14.1. The molecule has 0 aliphatic carbocycles. The van der Waals surface area contributed by atoms with Crippen LogP contribution in [0.2, 0.25) is 0 Å². The highest BCUT2D eigenvalue weighted by atomic mass is 79.9. The third kappa shape index (κ3) is 4.54. The second kappa shape index (κ2) is 8.03. The molecule has 0 saturated heterocycles. The standard InChI is InChI=1S/C12H17BrFNO.ClH/c1-2-3-7-10(16)12(15)8-5-4-6-9(13)11(8)14;/h4-6,10,12,16H,2-3,7,15H2,1H3;1H/t10-,12+;/m1./s1. The number of unbranched alkanes of at least 4 members (excludes halogenated alkanes) is 1. The molecule has 0 aliphatic rings. The highest BCUT2D eigenvalue weighted by molar-refractivity contribution is 9.10. The topological polar surface area (TPSA) is 46.2 Å². The van der Waals surface area contributed by atoms with Crippen molar-refractivity contribution in [2.45, 2.75) is 38.3 Å². The van der Waals surface area contributed by atoms with E-state index in [0.29, 0.717) is 16.5 Å². The van der Waals surface area contributed by atoms with Gasteiger partial charge < -0.3 is 10.8 Å². The van der Waals surface area contributed by atoms with Crippen LogP contribution in [-0.4, -0.2) is 11.2 Å². The number of rotatable bonds is 5. The van der Waals surface area contributed by atoms with Gasteiger partial charge in [-0.2, -0.15) is 0 Å². The van der Waals surface area contributed by atoms with Crippen molar-refractivity contribution in [3.8, 4) is 0 Å². The Balaban J connectivity index is 0.00000256. The predicted octanol–water partition coefficient (Wildman–Crippen LogP) is 3.56. The van der Waals surface area contributed by atoms with E-state index in [0.717, 1.165) is 12.8 Å². The van der Waals surface area contributed by atoms with Gasteiger partial charge in [0.05, 0.1) is 16.6 Å². The van der Waals surface area contributed by atoms with Crippen LogP contribution in [0.4, 0.5) is 4.39 Å². The normalized spacial score (nSPS) is 13.9. The lowest BCUT2D eigenvalue weighted by molar-refractivity contribution is 0.131. The average Bonchev–Trinajstić information content (AvgIpc) is 2.28. The molecule has 0 unspecified atom stereocenters. The minimum absolute atomic E-state index is 0. The predicted molar refractivity (Wildman–Crippen MR) is 73.8 cm³/mol. The molecule has 2 nitrogen and oxygen atoms in total. The molecule has 1 aromatic rings. The summed E-state index contributed by atoms with van der Waals surface area (Å²) in [4.78, 5) is 0. The molecule has 98 valence electrons. The number of aliphatic hydroxyl groups excluding tert-OH is 1. The zero-order valence-corrected chi connectivity index (χ0v) is 12.1. The van der Waals surface area contributed by atoms with Gasteiger partial charge >= 0.3 is 0 Å². The molecule has 0 fully saturated rings. The highest BCUT2D eigenvalue weighted by Gasteiger charge is 2.20. The molecule has 0 aliphatic heterocycles. The molecule has 2 atom stereocenters. The molecule has 5 heteroatoms. The van der Waals surface area contributed by atoms with E-state index < -0.39 is 12.1 Å². The van der Waals surface area contributed by atoms with Crippen molar-refractivity contribution >= 4 is 28.3 Å². The minimum atomic E-state index is -0.691. The van der Waals surface area contributed by atoms with Gasteiger partial charge in [0.25, 0.3) is 0 Å². The van der Waals surface area contributed by atoms with E-state index in [-0.39, 0.29) is 18.2 Å². The number of nitrogens with two attached hydrogens (primary N) is 1. The molecule has 0 amide bonds. The van der Waals surface area contributed by atoms with E-state index >= 15 is 0 Å². The van der Waals surface area contributed by atoms with Gasteiger partial charge in [-0.1, -0.05) is 31.9 Å². The van der Waals surface area contributed by atoms with Crippen LogP contribution in [0.3, 0.4) is 0 Å². The van der Waals surface area contributed by atoms with Crippen LogP contribution in [0.1, 0.15) is 37.8 Å². The maximum Gasteiger partial charge on any atom is 0.142 e. The van der Waals surface area contributed by atoms with Gasteiger partial charge in [-0.3, -0.25) is 0 Å². The summed E-state index contributed by atoms with van der Waals surface area (Å²) in [5.74, 6) is -0.384. The molecular formula is C12H18BrClFNO. The molecular weight excluding hydrogens is 308 g/mol. The molecule has 0 heterocycles. The van der Waals surface area contributed by atoms with Gasteiger partial charge in [0.1, 0.15) is 5.82 Å². The van der Waals surface area contributed by atoms with E-state index in [1.807, 2.05) is 6.92 Å². The van der Waals surface area contributed by atoms with Crippen molar-refractivity contribution in [1.82, 2.24) is 0 Å². The van der Waals surface area contributed by atoms with Crippen LogP contribution in [0.15, 0.2) is 22.7 Å². The van der Waals surface area contributed by atoms with Gasteiger partial charge in [0, 0.05) is 5.56 Å². The first-order valence-electron chi connectivity index (χ1n) is 5.45. The van der Waals surface area contributed by atoms with Crippen LogP contribution >= 0.6 is 28.3 Å². The van der Waals surface area contributed by atoms with E-state index in [1.54, 1.807) is 18.2 Å². The summed E-state index contributed by atoms with van der Waals surface area (Å²) in [7, 11) is 0. The second-order valence-electron chi connectivity index (χ2n) is 3.88. The Kier molecular flexibility index (Phi) is 7.96. The number of hydrogen-bond acceptors (Lipinski definition) is 2. The molecule has 0 radical (unpaired) electrons. The van der Waals surface area contributed by atoms with Crippen LogP contribution < -0.4 is 5.73 Å². The zero-order valence-electron chi connectivity index (χ0n) is 9.70. The van der Waals surface area contributed by atoms with Gasteiger partial charge in [0.15, 0.2) is 0 Å². The second-order valence-corrected chi connectivity index (χ2v) is 4.73. The van der Waals surface area contributed by atoms with Crippen molar-refractivity contribution in [3.63, 3.8) is 0 Å². The smallest absolute Gasteiger partial charge is 0.142 e. The van der Waals surface area contributed by atoms with Gasteiger partial charge in [-0.25, -0.2) is 4.39 Å². The van der Waals surface area contributed by atoms with Crippen molar-refractivity contribution in [2.75, 3.05) is 0 Å². The van der Waals surface area contributed by atoms with Crippen molar-refractivity contribution < 1.29 is 9.50 Å². The SMILES string of the molecule is CCCC[C@@H](O)[C@@H](N)c1cccc(Br)c1F.Cl. The molecule has 1 rings (SSSR count). The Morgan fingerprint density at radius 1 is 1.47 bits per heavy atom. The largest absolute Gasteiger partial charge is 0.391 e. The maximum atomic E-state index is 13.7. The van der Waals surface area contributed by atoms with Crippen LogP contribution in [-0.2, 0) is 0 Å². The Morgan fingerprint density at radius 2 is 2.12 bits per heavy atom. The van der Waals surface area contributed by atoms with Crippen molar-refractivity contribution in [2.24, 2.45) is 5.73 Å². The van der Waals surface area contributed by atoms with E-state index in [2.05, 4.69) is 15.9 Å². The fraction of sp³-hybridized carbons (Fsp3) is 0.500. The Bertz CT molecular complexity index is 351. The summed E-state index contributed by atoms with van der Waals surface area (Å²) in [6, 6.07) is 4.28. The van der Waals surface area contributed by atoms with Gasteiger partial charge in [-0.05, 0) is 28.4 Å². The van der Waals surface area contributed by atoms with Gasteiger partial charge in [-0.15, -0.1) is 12.4 Å². The molecule has 0 spiro atoms. The summed E-state index contributed by atoms with van der Waals surface area (Å²) in [6.45, 7) is 2.04. The van der Waals surface area contributed by atoms with E-state index in [4.69, 9.17) is 5.73 Å². The molecule has 1 aromatic carbocycles. The first-order chi connectivity index (χ1) is 7.57. The molecule has 17 heavy (non-hydrogen) atoms. The third-order valence-corrected chi connectivity index (χ3v) is 3.22. The maximum absolute atomic E-state index is 13.7. The van der Waals surface area contributed by atoms with E-state index in [9.17, 15) is 9.50 Å². The summed E-state index contributed by atoms with van der Waals surface area (Å²) in [6.07, 6.45) is 1.79. The molecule has 3 N–H and O–H groups in total. The third-order valence-electron chi connectivity index (χ3n) is 2.61. The molecule has 0 aromatic heterocycles. The monoisotopic (exact) mass is 325 g/mol. The van der Waals surface area contributed by atoms with Crippen LogP contribution in [0.25, 0.3) is 0 Å². The van der Waals surface area contributed by atoms with Crippen LogP contribution in [0, 0.1) is 5.82 Å². The quantitative estimate of drug-likeness (QED) is 0.869. The molecule has 0 saturated carbocycles. The first-order valence-corrected chi connectivity index (χ1v) is 6.24. The fourth-order valence-corrected chi connectivity index (χ4v) is 1.96. The number of aliphatic hydroxyl groups is 1. The van der Waals surface area contributed by atoms with Gasteiger partial charge in [0.2, 0.25) is 0 Å². The van der Waals surface area contributed by atoms with Crippen molar-refractivity contribution in [1.29, 1.82) is 0 Å². The van der Waals surface area contributed by atoms with E-state index in [1.165, 1.54) is 0 Å². The summed E-state index contributed by atoms with van der Waals surface area (Å²) >= 11 is 3.10. The number of hydrogen-bond donors (Lipinski definition) is 2. The minimum Gasteiger partial charge on any atom is -0.391 e. The lowest BCUT2D eigenvalue weighted by Gasteiger charge is -2.19. The first kappa shape index (κ1) is 16.8.